The second-order valence-corrected chi connectivity index (χ2v) is 12.9. The summed E-state index contributed by atoms with van der Waals surface area (Å²) in [5.74, 6) is 5.46. The Morgan fingerprint density at radius 2 is 1.20 bits per heavy atom. The fourth-order valence-corrected chi connectivity index (χ4v) is 9.30. The molecule has 1 nitrogen and oxygen atoms in total. The van der Waals surface area contributed by atoms with E-state index in [-0.39, 0.29) is 0 Å². The first-order valence-electron chi connectivity index (χ1n) is 13.9. The molecule has 8 rings (SSSR count). The lowest BCUT2D eigenvalue weighted by Gasteiger charge is -2.22. The molecule has 1 aromatic heterocycles. The normalized spacial score (nSPS) is 31.1. The summed E-state index contributed by atoms with van der Waals surface area (Å²) in [6.45, 7) is 0. The zero-order valence-corrected chi connectivity index (χ0v) is 21.1. The van der Waals surface area contributed by atoms with Crippen molar-refractivity contribution >= 4 is 21.6 Å². The fourth-order valence-electron chi connectivity index (χ4n) is 8.49. The number of aromatic nitrogens is 1. The Bertz CT molecular complexity index is 1380. The molecule has 4 bridgehead atoms. The van der Waals surface area contributed by atoms with Crippen molar-refractivity contribution in [1.82, 2.24) is 4.98 Å². The molecule has 0 radical (unpaired) electrons. The number of nitrogens with zero attached hydrogens (tertiary/aromatic N) is 1. The molecule has 4 aromatic rings. The van der Waals surface area contributed by atoms with Crippen molar-refractivity contribution in [2.24, 2.45) is 23.7 Å². The van der Waals surface area contributed by atoms with E-state index in [1.807, 2.05) is 5.51 Å². The first kappa shape index (κ1) is 20.7. The lowest BCUT2D eigenvalue weighted by molar-refractivity contribution is 0.420. The van der Waals surface area contributed by atoms with E-state index in [4.69, 9.17) is 4.98 Å². The van der Waals surface area contributed by atoms with Crippen LogP contribution in [0.2, 0.25) is 0 Å². The summed E-state index contributed by atoms with van der Waals surface area (Å²) in [5.41, 5.74) is 11.5. The van der Waals surface area contributed by atoms with Gasteiger partial charge in [-0.15, -0.1) is 11.3 Å². The third kappa shape index (κ3) is 3.44. The molecule has 0 saturated heterocycles. The van der Waals surface area contributed by atoms with Gasteiger partial charge in [-0.1, -0.05) is 61.4 Å². The van der Waals surface area contributed by atoms with Crippen molar-refractivity contribution in [3.8, 4) is 22.3 Å². The largest absolute Gasteiger partial charge is 0.245 e. The highest BCUT2D eigenvalue weighted by molar-refractivity contribution is 7.17. The number of rotatable bonds is 4. The third-order valence-electron chi connectivity index (χ3n) is 10.2. The minimum absolute atomic E-state index is 0.797. The molecule has 0 aliphatic heterocycles. The summed E-state index contributed by atoms with van der Waals surface area (Å²) in [4.78, 5) is 4.72. The van der Waals surface area contributed by atoms with Crippen LogP contribution in [0.1, 0.15) is 74.3 Å². The van der Waals surface area contributed by atoms with E-state index in [0.717, 1.165) is 41.0 Å². The topological polar surface area (TPSA) is 12.9 Å². The highest BCUT2D eigenvalue weighted by Crippen LogP contribution is 2.54. The van der Waals surface area contributed by atoms with Crippen molar-refractivity contribution in [3.63, 3.8) is 0 Å². The van der Waals surface area contributed by atoms with Crippen LogP contribution in [0.4, 0.5) is 0 Å². The molecular weight excluding hydrogens is 442 g/mol. The van der Waals surface area contributed by atoms with E-state index >= 15 is 0 Å². The van der Waals surface area contributed by atoms with Crippen molar-refractivity contribution in [2.45, 2.75) is 63.2 Å². The predicted octanol–water partition coefficient (Wildman–Crippen LogP) is 9.44. The minimum atomic E-state index is 0.797. The lowest BCUT2D eigenvalue weighted by atomic mass is 9.83. The van der Waals surface area contributed by atoms with Crippen LogP contribution < -0.4 is 0 Å². The Hall–Kier alpha value is -2.45. The molecule has 4 fully saturated rings. The first-order valence-corrected chi connectivity index (χ1v) is 14.7. The van der Waals surface area contributed by atoms with Gasteiger partial charge in [-0.05, 0) is 114 Å². The van der Waals surface area contributed by atoms with Crippen LogP contribution >= 0.6 is 11.3 Å². The Kier molecular flexibility index (Phi) is 4.75. The molecule has 6 unspecified atom stereocenters. The van der Waals surface area contributed by atoms with Crippen LogP contribution in [-0.4, -0.2) is 4.98 Å². The van der Waals surface area contributed by atoms with Gasteiger partial charge in [-0.3, -0.25) is 0 Å². The number of benzene rings is 3. The Morgan fingerprint density at radius 3 is 1.74 bits per heavy atom. The summed E-state index contributed by atoms with van der Waals surface area (Å²) in [6.07, 6.45) is 11.6. The van der Waals surface area contributed by atoms with E-state index < -0.39 is 0 Å². The standard InChI is InChI=1S/C33H33NS/c1-3-26-13-20(1)15-29(26)23-7-5-22(6-8-23)28-17-31(33-32(18-28)34-19-35-33)25-11-9-24(10-12-25)30-16-21-2-4-27(30)14-21/h5-12,17-21,26-27,29-30H,1-4,13-16H2. The van der Waals surface area contributed by atoms with Gasteiger partial charge in [-0.25, -0.2) is 4.98 Å². The van der Waals surface area contributed by atoms with Gasteiger partial charge in [0, 0.05) is 5.56 Å². The molecule has 4 aliphatic rings. The van der Waals surface area contributed by atoms with Gasteiger partial charge in [0.15, 0.2) is 0 Å². The lowest BCUT2D eigenvalue weighted by Crippen LogP contribution is -2.08. The molecule has 4 saturated carbocycles. The number of hydrogen-bond donors (Lipinski definition) is 0. The first-order chi connectivity index (χ1) is 17.3. The summed E-state index contributed by atoms with van der Waals surface area (Å²) in [7, 11) is 0. The molecule has 176 valence electrons. The van der Waals surface area contributed by atoms with Gasteiger partial charge in [0.2, 0.25) is 0 Å². The fraction of sp³-hybridized carbons (Fsp3) is 0.424. The van der Waals surface area contributed by atoms with E-state index in [1.165, 1.54) is 78.3 Å². The zero-order valence-electron chi connectivity index (χ0n) is 20.3. The second-order valence-electron chi connectivity index (χ2n) is 12.0. The van der Waals surface area contributed by atoms with Gasteiger partial charge < -0.3 is 0 Å². The number of fused-ring (bicyclic) bond motifs is 5. The molecule has 0 amide bonds. The smallest absolute Gasteiger partial charge is 0.0824 e. The quantitative estimate of drug-likeness (QED) is 0.286. The van der Waals surface area contributed by atoms with Crippen molar-refractivity contribution in [1.29, 1.82) is 0 Å². The minimum Gasteiger partial charge on any atom is -0.245 e. The predicted molar refractivity (Wildman–Crippen MR) is 147 cm³/mol. The maximum absolute atomic E-state index is 4.72. The monoisotopic (exact) mass is 475 g/mol. The molecule has 4 aliphatic carbocycles. The van der Waals surface area contributed by atoms with E-state index in [0.29, 0.717) is 0 Å². The van der Waals surface area contributed by atoms with Crippen LogP contribution in [-0.2, 0) is 0 Å². The second kappa shape index (κ2) is 8.03. The number of hydrogen-bond acceptors (Lipinski definition) is 2. The summed E-state index contributed by atoms with van der Waals surface area (Å²) in [5, 5.41) is 0. The van der Waals surface area contributed by atoms with Crippen molar-refractivity contribution in [3.05, 3.63) is 77.3 Å². The summed E-state index contributed by atoms with van der Waals surface area (Å²) < 4.78 is 1.31. The van der Waals surface area contributed by atoms with Crippen LogP contribution in [0.15, 0.2) is 66.2 Å². The number of thiazole rings is 1. The SMILES string of the molecule is c1nc2cc(-c3ccc(C4CC5CCC4C5)cc3)cc(-c3ccc(C4CC5CCC4C5)cc3)c2s1. The highest BCUT2D eigenvalue weighted by Gasteiger charge is 2.40. The van der Waals surface area contributed by atoms with Crippen molar-refractivity contribution in [2.75, 3.05) is 0 Å². The van der Waals surface area contributed by atoms with Crippen LogP contribution in [0.5, 0.6) is 0 Å². The molecular formula is C33H33NS. The molecule has 0 spiro atoms. The van der Waals surface area contributed by atoms with Gasteiger partial charge in [0.1, 0.15) is 0 Å². The molecule has 35 heavy (non-hydrogen) atoms. The maximum Gasteiger partial charge on any atom is 0.0824 e. The summed E-state index contributed by atoms with van der Waals surface area (Å²) >= 11 is 1.77. The van der Waals surface area contributed by atoms with E-state index in [2.05, 4.69) is 60.7 Å². The third-order valence-corrected chi connectivity index (χ3v) is 11.1. The average molecular weight is 476 g/mol. The Morgan fingerprint density at radius 1 is 0.600 bits per heavy atom. The maximum atomic E-state index is 4.72. The van der Waals surface area contributed by atoms with Crippen molar-refractivity contribution < 1.29 is 0 Å². The molecule has 3 aromatic carbocycles. The van der Waals surface area contributed by atoms with Gasteiger partial charge in [0.05, 0.1) is 15.7 Å². The van der Waals surface area contributed by atoms with Gasteiger partial charge >= 0.3 is 0 Å². The molecule has 2 heteroatoms. The van der Waals surface area contributed by atoms with Crippen LogP contribution in [0.25, 0.3) is 32.5 Å². The van der Waals surface area contributed by atoms with E-state index in [1.54, 1.807) is 22.5 Å². The van der Waals surface area contributed by atoms with Gasteiger partial charge in [-0.2, -0.15) is 0 Å². The van der Waals surface area contributed by atoms with Crippen LogP contribution in [0.3, 0.4) is 0 Å². The molecule has 0 N–H and O–H groups in total. The Labute approximate surface area is 212 Å². The van der Waals surface area contributed by atoms with Gasteiger partial charge in [0.25, 0.3) is 0 Å². The highest BCUT2D eigenvalue weighted by atomic mass is 32.1. The average Bonchev–Trinajstić information content (AvgIpc) is 3.75. The van der Waals surface area contributed by atoms with Crippen LogP contribution in [0, 0.1) is 23.7 Å². The molecule has 6 atom stereocenters. The summed E-state index contributed by atoms with van der Waals surface area (Å²) in [6, 6.07) is 23.8. The molecule has 1 heterocycles. The zero-order chi connectivity index (χ0) is 22.9. The van der Waals surface area contributed by atoms with E-state index in [9.17, 15) is 0 Å². The Balaban J connectivity index is 1.12.